The van der Waals surface area contributed by atoms with Crippen molar-refractivity contribution in [1.29, 1.82) is 0 Å². The van der Waals surface area contributed by atoms with Crippen molar-refractivity contribution in [3.63, 3.8) is 0 Å². The molecule has 0 aliphatic heterocycles. The van der Waals surface area contributed by atoms with E-state index in [1.165, 1.54) is 12.0 Å². The van der Waals surface area contributed by atoms with Crippen LogP contribution in [0.5, 0.6) is 0 Å². The third-order valence-electron chi connectivity index (χ3n) is 0.993. The fraction of sp³-hybridized carbons (Fsp3) is 1.00. The third kappa shape index (κ3) is 11.6. The molecule has 0 rings (SSSR count). The van der Waals surface area contributed by atoms with Crippen molar-refractivity contribution in [2.45, 2.75) is 58.4 Å². The van der Waals surface area contributed by atoms with E-state index in [4.69, 9.17) is 12.4 Å². The van der Waals surface area contributed by atoms with Gasteiger partial charge in [-0.25, -0.2) is 3.97 Å². The Labute approximate surface area is 108 Å². The minimum atomic E-state index is -1.60. The average molecular weight is 301 g/mol. The first kappa shape index (κ1) is 17.1. The molecular weight excluding hydrogens is 275 g/mol. The number of hydrogen-bond acceptors (Lipinski definition) is 4. The van der Waals surface area contributed by atoms with Crippen LogP contribution in [0.1, 0.15) is 13.8 Å². The molecule has 0 saturated carbocycles. The van der Waals surface area contributed by atoms with Crippen molar-refractivity contribution >= 4 is 37.3 Å². The topological polar surface area (TPSA) is 27.7 Å². The second kappa shape index (κ2) is 6.87. The lowest BCUT2D eigenvalue weighted by Crippen LogP contribution is -2.28. The van der Waals surface area contributed by atoms with Crippen molar-refractivity contribution in [2.24, 2.45) is 0 Å². The molecule has 0 N–H and O–H groups in total. The van der Waals surface area contributed by atoms with E-state index in [0.29, 0.717) is 5.25 Å². The SMILES string of the molecule is CC(C)SOP(O[Si](C)(C)C)O[Si](C)(C)C. The fourth-order valence-electron chi connectivity index (χ4n) is 0.617. The lowest BCUT2D eigenvalue weighted by atomic mass is 10.6. The van der Waals surface area contributed by atoms with E-state index in [9.17, 15) is 0 Å². The maximum Gasteiger partial charge on any atom is 0.323 e. The summed E-state index contributed by atoms with van der Waals surface area (Å²) in [5, 5.41) is 0.431. The molecule has 0 atom stereocenters. The van der Waals surface area contributed by atoms with Crippen LogP contribution in [0, 0.1) is 0 Å². The molecule has 3 nitrogen and oxygen atoms in total. The normalized spacial score (nSPS) is 13.9. The number of rotatable bonds is 7. The van der Waals surface area contributed by atoms with Crippen LogP contribution in [-0.4, -0.2) is 21.9 Å². The van der Waals surface area contributed by atoms with Gasteiger partial charge in [0.05, 0.1) is 0 Å². The Morgan fingerprint density at radius 3 is 1.50 bits per heavy atom. The van der Waals surface area contributed by atoms with E-state index in [1.807, 2.05) is 0 Å². The van der Waals surface area contributed by atoms with Gasteiger partial charge in [0, 0.05) is 17.3 Å². The summed E-state index contributed by atoms with van der Waals surface area (Å²) in [6.45, 7) is 17.1. The second-order valence-corrected chi connectivity index (χ2v) is 17.9. The zero-order valence-electron chi connectivity index (χ0n) is 11.7. The van der Waals surface area contributed by atoms with Crippen molar-refractivity contribution in [3.8, 4) is 0 Å². The van der Waals surface area contributed by atoms with E-state index < -0.39 is 25.2 Å². The highest BCUT2D eigenvalue weighted by atomic mass is 32.2. The summed E-state index contributed by atoms with van der Waals surface area (Å²) < 4.78 is 17.5. The summed E-state index contributed by atoms with van der Waals surface area (Å²) in [5.74, 6) is 0. The first-order chi connectivity index (χ1) is 6.99. The van der Waals surface area contributed by atoms with E-state index >= 15 is 0 Å². The Morgan fingerprint density at radius 1 is 0.875 bits per heavy atom. The monoisotopic (exact) mass is 300 g/mol. The summed E-state index contributed by atoms with van der Waals surface area (Å²) >= 11 is 1.44. The van der Waals surface area contributed by atoms with Crippen LogP contribution < -0.4 is 0 Å². The first-order valence-electron chi connectivity index (χ1n) is 5.51. The summed E-state index contributed by atoms with van der Waals surface area (Å²) in [6, 6.07) is 0. The lowest BCUT2D eigenvalue weighted by molar-refractivity contribution is 0.406. The van der Waals surface area contributed by atoms with Crippen LogP contribution in [0.3, 0.4) is 0 Å². The molecule has 0 amide bonds. The Bertz CT molecular complexity index is 188. The van der Waals surface area contributed by atoms with Gasteiger partial charge < -0.3 is 8.43 Å². The van der Waals surface area contributed by atoms with E-state index in [0.717, 1.165) is 0 Å². The molecule has 7 heteroatoms. The smallest absolute Gasteiger partial charge is 0.323 e. The molecule has 0 aromatic heterocycles. The van der Waals surface area contributed by atoms with Crippen molar-refractivity contribution in [2.75, 3.05) is 0 Å². The predicted molar refractivity (Wildman–Crippen MR) is 79.6 cm³/mol. The van der Waals surface area contributed by atoms with Crippen molar-refractivity contribution in [1.82, 2.24) is 0 Å². The van der Waals surface area contributed by atoms with Gasteiger partial charge in [-0.2, -0.15) is 0 Å². The van der Waals surface area contributed by atoms with Crippen LogP contribution in [-0.2, 0) is 12.4 Å². The summed E-state index contributed by atoms with van der Waals surface area (Å²) in [5.41, 5.74) is 0. The van der Waals surface area contributed by atoms with Crippen LogP contribution >= 0.6 is 20.6 Å². The molecule has 0 radical (unpaired) electrons. The maximum atomic E-state index is 5.94. The molecule has 0 aliphatic carbocycles. The molecule has 0 unspecified atom stereocenters. The highest BCUT2D eigenvalue weighted by molar-refractivity contribution is 7.98. The van der Waals surface area contributed by atoms with Crippen molar-refractivity contribution in [3.05, 3.63) is 0 Å². The van der Waals surface area contributed by atoms with Gasteiger partial charge in [-0.1, -0.05) is 13.8 Å². The molecule has 0 heterocycles. The zero-order valence-corrected chi connectivity index (χ0v) is 15.4. The highest BCUT2D eigenvalue weighted by Gasteiger charge is 2.29. The third-order valence-corrected chi connectivity index (χ3v) is 7.78. The molecule has 0 saturated heterocycles. The predicted octanol–water partition coefficient (Wildman–Crippen LogP) is 4.99. The molecule has 0 aromatic carbocycles. The minimum Gasteiger partial charge on any atom is -0.355 e. The minimum absolute atomic E-state index is 0.431. The zero-order chi connectivity index (χ0) is 13.0. The Balaban J connectivity index is 4.28. The Hall–Kier alpha value is 1.09. The van der Waals surface area contributed by atoms with E-state index in [-0.39, 0.29) is 0 Å². The van der Waals surface area contributed by atoms with Gasteiger partial charge in [-0.3, -0.25) is 0 Å². The molecule has 0 aromatic rings. The average Bonchev–Trinajstić information content (AvgIpc) is 1.93. The van der Waals surface area contributed by atoms with Crippen LogP contribution in [0.15, 0.2) is 0 Å². The molecule has 0 aliphatic rings. The molecular formula is C9H25O3PSSi2. The Kier molecular flexibility index (Phi) is 7.34. The first-order valence-corrected chi connectivity index (χ1v) is 14.2. The molecule has 0 bridgehead atoms. The lowest BCUT2D eigenvalue weighted by Gasteiger charge is -2.28. The second-order valence-electron chi connectivity index (χ2n) is 5.85. The van der Waals surface area contributed by atoms with Crippen LogP contribution in [0.25, 0.3) is 0 Å². The summed E-state index contributed by atoms with van der Waals surface area (Å²) in [6.07, 6.45) is 0. The van der Waals surface area contributed by atoms with Gasteiger partial charge in [-0.15, -0.1) is 0 Å². The van der Waals surface area contributed by atoms with Crippen molar-refractivity contribution < 1.29 is 12.4 Å². The van der Waals surface area contributed by atoms with Crippen LogP contribution in [0.4, 0.5) is 0 Å². The van der Waals surface area contributed by atoms with Gasteiger partial charge in [0.1, 0.15) is 0 Å². The molecule has 0 fully saturated rings. The quantitative estimate of drug-likeness (QED) is 0.376. The Morgan fingerprint density at radius 2 is 1.25 bits per heavy atom. The van der Waals surface area contributed by atoms with E-state index in [1.54, 1.807) is 0 Å². The van der Waals surface area contributed by atoms with Gasteiger partial charge in [0.25, 0.3) is 0 Å². The fourth-order valence-corrected chi connectivity index (χ4v) is 6.44. The molecule has 0 spiro atoms. The summed E-state index contributed by atoms with van der Waals surface area (Å²) in [7, 11) is -4.39. The van der Waals surface area contributed by atoms with Gasteiger partial charge in [0.15, 0.2) is 16.6 Å². The molecule has 98 valence electrons. The number of hydrogen-bond donors (Lipinski definition) is 0. The van der Waals surface area contributed by atoms with Gasteiger partial charge in [0.2, 0.25) is 0 Å². The van der Waals surface area contributed by atoms with Gasteiger partial charge >= 0.3 is 8.60 Å². The highest BCUT2D eigenvalue weighted by Crippen LogP contribution is 2.49. The van der Waals surface area contributed by atoms with Crippen LogP contribution in [0.2, 0.25) is 39.3 Å². The van der Waals surface area contributed by atoms with Gasteiger partial charge in [-0.05, 0) is 39.3 Å². The summed E-state index contributed by atoms with van der Waals surface area (Å²) in [4.78, 5) is 0. The largest absolute Gasteiger partial charge is 0.355 e. The maximum absolute atomic E-state index is 5.94. The molecule has 16 heavy (non-hydrogen) atoms. The van der Waals surface area contributed by atoms with E-state index in [2.05, 4.69) is 53.1 Å². The standard InChI is InChI=1S/C9H25O3PSSi2/c1-9(2)14-10-13(11-15(3,4)5)12-16(6,7)8/h9H,1-8H3.